The maximum Gasteiger partial charge on any atom is 0.326 e. The zero-order valence-electron chi connectivity index (χ0n) is 10.5. The number of carboxylic acid groups (broad SMARTS) is 1. The molecule has 1 unspecified atom stereocenters. The number of carboxylic acids is 1. The molecule has 0 aliphatic carbocycles. The Morgan fingerprint density at radius 3 is 2.65 bits per heavy atom. The van der Waals surface area contributed by atoms with E-state index in [0.717, 1.165) is 17.3 Å². The van der Waals surface area contributed by atoms with Crippen molar-refractivity contribution >= 4 is 28.9 Å². The van der Waals surface area contributed by atoms with Crippen LogP contribution in [0.5, 0.6) is 0 Å². The first kappa shape index (κ1) is 14.4. The molecule has 2 amide bonds. The first-order chi connectivity index (χ1) is 9.56. The maximum absolute atomic E-state index is 11.9. The topological polar surface area (TPSA) is 95.5 Å². The number of rotatable bonds is 5. The Hall–Kier alpha value is -2.02. The quantitative estimate of drug-likeness (QED) is 0.740. The standard InChI is InChI=1S/C13H14N2O4S/c16-11(10-7-20-13(19)15-10)14-9(12(17)18)6-8-4-2-1-3-5-8/h1-5,9-10H,6-7H2,(H,14,16)(H,15,19)(H,17,18)/t9-,10?/m1/s1. The molecule has 6 nitrogen and oxygen atoms in total. The van der Waals surface area contributed by atoms with Gasteiger partial charge in [0, 0.05) is 12.2 Å². The van der Waals surface area contributed by atoms with E-state index >= 15 is 0 Å². The summed E-state index contributed by atoms with van der Waals surface area (Å²) in [5, 5.41) is 13.8. The second kappa shape index (κ2) is 6.42. The van der Waals surface area contributed by atoms with Crippen molar-refractivity contribution in [1.29, 1.82) is 0 Å². The van der Waals surface area contributed by atoms with Crippen LogP contribution in [0.15, 0.2) is 30.3 Å². The minimum atomic E-state index is -1.10. The molecule has 0 radical (unpaired) electrons. The number of thioether (sulfide) groups is 1. The molecule has 1 heterocycles. The van der Waals surface area contributed by atoms with Gasteiger partial charge in [-0.3, -0.25) is 9.59 Å². The normalized spacial score (nSPS) is 19.2. The molecule has 0 aromatic heterocycles. The predicted octanol–water partition coefficient (Wildman–Crippen LogP) is 0.623. The van der Waals surface area contributed by atoms with Gasteiger partial charge in [0.15, 0.2) is 0 Å². The average molecular weight is 294 g/mol. The van der Waals surface area contributed by atoms with Gasteiger partial charge in [0.25, 0.3) is 5.24 Å². The van der Waals surface area contributed by atoms with E-state index in [9.17, 15) is 19.5 Å². The van der Waals surface area contributed by atoms with Gasteiger partial charge in [0.1, 0.15) is 12.1 Å². The highest BCUT2D eigenvalue weighted by atomic mass is 32.2. The van der Waals surface area contributed by atoms with E-state index in [-0.39, 0.29) is 11.7 Å². The van der Waals surface area contributed by atoms with Crippen molar-refractivity contribution in [2.24, 2.45) is 0 Å². The molecule has 1 aliphatic rings. The number of hydrogen-bond donors (Lipinski definition) is 3. The van der Waals surface area contributed by atoms with Crippen molar-refractivity contribution in [2.45, 2.75) is 18.5 Å². The fraction of sp³-hybridized carbons (Fsp3) is 0.308. The fourth-order valence-corrected chi connectivity index (χ4v) is 2.63. The molecule has 1 aromatic carbocycles. The van der Waals surface area contributed by atoms with Crippen molar-refractivity contribution in [2.75, 3.05) is 5.75 Å². The molecular weight excluding hydrogens is 280 g/mol. The summed E-state index contributed by atoms with van der Waals surface area (Å²) in [5.41, 5.74) is 0.824. The van der Waals surface area contributed by atoms with E-state index in [1.54, 1.807) is 12.1 Å². The van der Waals surface area contributed by atoms with E-state index in [1.807, 2.05) is 18.2 Å². The lowest BCUT2D eigenvalue weighted by molar-refractivity contribution is -0.141. The third kappa shape index (κ3) is 3.74. The summed E-state index contributed by atoms with van der Waals surface area (Å²) in [6.07, 6.45) is 0.204. The van der Waals surface area contributed by atoms with Crippen molar-refractivity contribution < 1.29 is 19.5 Å². The minimum Gasteiger partial charge on any atom is -0.480 e. The van der Waals surface area contributed by atoms with Gasteiger partial charge < -0.3 is 15.7 Å². The predicted molar refractivity (Wildman–Crippen MR) is 74.5 cm³/mol. The second-order valence-electron chi connectivity index (χ2n) is 4.38. The largest absolute Gasteiger partial charge is 0.480 e. The van der Waals surface area contributed by atoms with Crippen molar-refractivity contribution in [3.05, 3.63) is 35.9 Å². The number of carbonyl (C=O) groups excluding carboxylic acids is 2. The number of amides is 2. The van der Waals surface area contributed by atoms with Gasteiger partial charge in [-0.15, -0.1) is 0 Å². The molecule has 0 bridgehead atoms. The zero-order chi connectivity index (χ0) is 14.5. The summed E-state index contributed by atoms with van der Waals surface area (Å²) < 4.78 is 0. The van der Waals surface area contributed by atoms with Gasteiger partial charge in [0.05, 0.1) is 0 Å². The molecule has 3 N–H and O–H groups in total. The van der Waals surface area contributed by atoms with Crippen molar-refractivity contribution in [1.82, 2.24) is 10.6 Å². The number of carbonyl (C=O) groups is 3. The van der Waals surface area contributed by atoms with Crippen LogP contribution in [0.2, 0.25) is 0 Å². The Bertz CT molecular complexity index is 520. The third-order valence-corrected chi connectivity index (χ3v) is 3.77. The van der Waals surface area contributed by atoms with Gasteiger partial charge in [-0.2, -0.15) is 0 Å². The monoisotopic (exact) mass is 294 g/mol. The molecule has 7 heteroatoms. The summed E-state index contributed by atoms with van der Waals surface area (Å²) >= 11 is 1.01. The van der Waals surface area contributed by atoms with E-state index in [4.69, 9.17) is 0 Å². The fourth-order valence-electron chi connectivity index (χ4n) is 1.85. The van der Waals surface area contributed by atoms with Gasteiger partial charge in [0.2, 0.25) is 5.91 Å². The number of hydrogen-bond acceptors (Lipinski definition) is 4. The number of benzene rings is 1. The van der Waals surface area contributed by atoms with E-state index < -0.39 is 24.0 Å². The molecule has 106 valence electrons. The van der Waals surface area contributed by atoms with Crippen LogP contribution in [0.3, 0.4) is 0 Å². The average Bonchev–Trinajstić information content (AvgIpc) is 2.86. The van der Waals surface area contributed by atoms with E-state index in [2.05, 4.69) is 10.6 Å². The summed E-state index contributed by atoms with van der Waals surface area (Å²) in [4.78, 5) is 34.1. The Balaban J connectivity index is 1.97. The lowest BCUT2D eigenvalue weighted by atomic mass is 10.1. The van der Waals surface area contributed by atoms with Gasteiger partial charge >= 0.3 is 5.97 Å². The first-order valence-corrected chi connectivity index (χ1v) is 7.05. The van der Waals surface area contributed by atoms with Crippen molar-refractivity contribution in [3.8, 4) is 0 Å². The van der Waals surface area contributed by atoms with E-state index in [1.165, 1.54) is 0 Å². The SMILES string of the molecule is O=C1NC(C(=O)N[C@H](Cc2ccccc2)C(=O)O)CS1. The first-order valence-electron chi connectivity index (χ1n) is 6.06. The molecule has 20 heavy (non-hydrogen) atoms. The van der Waals surface area contributed by atoms with Crippen LogP contribution in [0, 0.1) is 0 Å². The van der Waals surface area contributed by atoms with Crippen LogP contribution in [-0.2, 0) is 16.0 Å². The van der Waals surface area contributed by atoms with E-state index in [0.29, 0.717) is 5.75 Å². The summed E-state index contributed by atoms with van der Waals surface area (Å²) in [6, 6.07) is 7.39. The zero-order valence-corrected chi connectivity index (χ0v) is 11.4. The van der Waals surface area contributed by atoms with Crippen LogP contribution in [0.1, 0.15) is 5.56 Å². The van der Waals surface area contributed by atoms with Gasteiger partial charge in [-0.05, 0) is 5.56 Å². The van der Waals surface area contributed by atoms with Gasteiger partial charge in [-0.25, -0.2) is 4.79 Å². The molecule has 2 atom stereocenters. The molecule has 1 aliphatic heterocycles. The summed E-state index contributed by atoms with van der Waals surface area (Å²) in [7, 11) is 0. The molecule has 2 rings (SSSR count). The Morgan fingerprint density at radius 2 is 2.10 bits per heavy atom. The van der Waals surface area contributed by atoms with Gasteiger partial charge in [-0.1, -0.05) is 42.1 Å². The Morgan fingerprint density at radius 1 is 1.40 bits per heavy atom. The highest BCUT2D eigenvalue weighted by Crippen LogP contribution is 2.13. The minimum absolute atomic E-state index is 0.204. The molecule has 1 aromatic rings. The molecule has 1 fully saturated rings. The second-order valence-corrected chi connectivity index (χ2v) is 5.38. The molecule has 0 saturated carbocycles. The van der Waals surface area contributed by atoms with Crippen molar-refractivity contribution in [3.63, 3.8) is 0 Å². The van der Waals surface area contributed by atoms with Crippen LogP contribution >= 0.6 is 11.8 Å². The van der Waals surface area contributed by atoms with Crippen LogP contribution < -0.4 is 10.6 Å². The highest BCUT2D eigenvalue weighted by Gasteiger charge is 2.30. The molecule has 1 saturated heterocycles. The Labute approximate surface area is 119 Å². The number of nitrogens with one attached hydrogen (secondary N) is 2. The van der Waals surface area contributed by atoms with Crippen LogP contribution in [0.4, 0.5) is 4.79 Å². The smallest absolute Gasteiger partial charge is 0.326 e. The maximum atomic E-state index is 11.9. The lowest BCUT2D eigenvalue weighted by Gasteiger charge is -2.17. The van der Waals surface area contributed by atoms with Crippen LogP contribution in [-0.4, -0.2) is 40.1 Å². The summed E-state index contributed by atoms with van der Waals surface area (Å²) in [5.74, 6) is -1.24. The summed E-state index contributed by atoms with van der Waals surface area (Å²) in [6.45, 7) is 0. The lowest BCUT2D eigenvalue weighted by Crippen LogP contribution is -2.50. The third-order valence-electron chi connectivity index (χ3n) is 2.89. The van der Waals surface area contributed by atoms with Crippen LogP contribution in [0.25, 0.3) is 0 Å². The Kier molecular flexibility index (Phi) is 4.62. The molecular formula is C13H14N2O4S. The molecule has 0 spiro atoms. The number of aliphatic carboxylic acids is 1. The highest BCUT2D eigenvalue weighted by molar-refractivity contribution is 8.14.